The first-order valence-electron chi connectivity index (χ1n) is 5.26. The lowest BCUT2D eigenvalue weighted by atomic mass is 10.0. The molecular weight excluding hydrogens is 204 g/mol. The van der Waals surface area contributed by atoms with Crippen molar-refractivity contribution in [3.8, 4) is 0 Å². The molecular formula is C12H20O2Si. The minimum atomic E-state index is -1.94. The zero-order valence-corrected chi connectivity index (χ0v) is 11.0. The van der Waals surface area contributed by atoms with E-state index in [4.69, 9.17) is 8.85 Å². The van der Waals surface area contributed by atoms with Crippen molar-refractivity contribution in [2.45, 2.75) is 25.4 Å². The first-order valence-corrected chi connectivity index (χ1v) is 7.79. The second-order valence-corrected chi connectivity index (χ2v) is 7.55. The summed E-state index contributed by atoms with van der Waals surface area (Å²) >= 11 is 0. The van der Waals surface area contributed by atoms with Gasteiger partial charge in [-0.3, -0.25) is 0 Å². The SMILES string of the molecule is CO[Si](C)(CC(C)c1ccccc1)OC. The lowest BCUT2D eigenvalue weighted by molar-refractivity contribution is 0.247. The molecule has 3 heteroatoms. The standard InChI is InChI=1S/C12H20O2Si/c1-11(10-15(4,13-2)14-3)12-8-6-5-7-9-12/h5-9,11H,10H2,1-4H3. The molecule has 1 aromatic rings. The van der Waals surface area contributed by atoms with Crippen LogP contribution in [0.3, 0.4) is 0 Å². The average molecular weight is 224 g/mol. The molecule has 1 rings (SSSR count). The zero-order chi connectivity index (χ0) is 11.3. The Kier molecular flexibility index (Phi) is 4.51. The van der Waals surface area contributed by atoms with Crippen LogP contribution >= 0.6 is 0 Å². The van der Waals surface area contributed by atoms with Crippen molar-refractivity contribution in [1.82, 2.24) is 0 Å². The van der Waals surface area contributed by atoms with Gasteiger partial charge in [0.15, 0.2) is 0 Å². The molecule has 0 spiro atoms. The minimum Gasteiger partial charge on any atom is -0.398 e. The van der Waals surface area contributed by atoms with Crippen molar-refractivity contribution in [3.63, 3.8) is 0 Å². The van der Waals surface area contributed by atoms with E-state index in [1.807, 2.05) is 6.07 Å². The summed E-state index contributed by atoms with van der Waals surface area (Å²) in [6.45, 7) is 4.32. The molecule has 0 fully saturated rings. The maximum Gasteiger partial charge on any atom is 0.334 e. The van der Waals surface area contributed by atoms with Crippen LogP contribution in [0.2, 0.25) is 12.6 Å². The van der Waals surface area contributed by atoms with Crippen LogP contribution in [0.25, 0.3) is 0 Å². The van der Waals surface area contributed by atoms with Crippen molar-refractivity contribution in [1.29, 1.82) is 0 Å². The second kappa shape index (κ2) is 5.44. The molecule has 2 nitrogen and oxygen atoms in total. The maximum atomic E-state index is 5.50. The molecule has 0 radical (unpaired) electrons. The third kappa shape index (κ3) is 3.45. The molecule has 0 heterocycles. The fourth-order valence-electron chi connectivity index (χ4n) is 1.71. The van der Waals surface area contributed by atoms with Gasteiger partial charge in [0.05, 0.1) is 0 Å². The molecule has 0 aliphatic heterocycles. The van der Waals surface area contributed by atoms with E-state index < -0.39 is 8.56 Å². The van der Waals surface area contributed by atoms with Crippen molar-refractivity contribution >= 4 is 8.56 Å². The summed E-state index contributed by atoms with van der Waals surface area (Å²) in [6.07, 6.45) is 0. The summed E-state index contributed by atoms with van der Waals surface area (Å²) in [5.41, 5.74) is 1.35. The van der Waals surface area contributed by atoms with Gasteiger partial charge in [0.25, 0.3) is 0 Å². The highest BCUT2D eigenvalue weighted by atomic mass is 28.4. The summed E-state index contributed by atoms with van der Waals surface area (Å²) in [5, 5.41) is 0. The highest BCUT2D eigenvalue weighted by molar-refractivity contribution is 6.66. The average Bonchev–Trinajstić information content (AvgIpc) is 2.30. The van der Waals surface area contributed by atoms with Gasteiger partial charge < -0.3 is 8.85 Å². The molecule has 1 aromatic carbocycles. The van der Waals surface area contributed by atoms with Crippen LogP contribution in [0.4, 0.5) is 0 Å². The van der Waals surface area contributed by atoms with Gasteiger partial charge in [0, 0.05) is 14.2 Å². The van der Waals surface area contributed by atoms with Crippen LogP contribution in [0, 0.1) is 0 Å². The molecule has 0 saturated heterocycles. The van der Waals surface area contributed by atoms with E-state index in [-0.39, 0.29) is 0 Å². The molecule has 0 aliphatic rings. The molecule has 0 saturated carbocycles. The number of hydrogen-bond acceptors (Lipinski definition) is 2. The van der Waals surface area contributed by atoms with Gasteiger partial charge in [0.1, 0.15) is 0 Å². The van der Waals surface area contributed by atoms with E-state index in [1.165, 1.54) is 5.56 Å². The van der Waals surface area contributed by atoms with Gasteiger partial charge in [-0.2, -0.15) is 0 Å². The highest BCUT2D eigenvalue weighted by Gasteiger charge is 2.31. The number of rotatable bonds is 5. The third-order valence-electron chi connectivity index (χ3n) is 2.91. The summed E-state index contributed by atoms with van der Waals surface area (Å²) in [6, 6.07) is 11.5. The van der Waals surface area contributed by atoms with Crippen LogP contribution in [0.1, 0.15) is 18.4 Å². The fourth-order valence-corrected chi connectivity index (χ4v) is 3.55. The van der Waals surface area contributed by atoms with Crippen molar-refractivity contribution in [2.24, 2.45) is 0 Å². The smallest absolute Gasteiger partial charge is 0.334 e. The van der Waals surface area contributed by atoms with E-state index in [0.717, 1.165) is 6.04 Å². The molecule has 0 aliphatic carbocycles. The quantitative estimate of drug-likeness (QED) is 0.715. The van der Waals surface area contributed by atoms with Crippen LogP contribution < -0.4 is 0 Å². The Bertz CT molecular complexity index is 283. The molecule has 0 aromatic heterocycles. The molecule has 0 bridgehead atoms. The fraction of sp³-hybridized carbons (Fsp3) is 0.500. The topological polar surface area (TPSA) is 18.5 Å². The first-order chi connectivity index (χ1) is 7.11. The maximum absolute atomic E-state index is 5.50. The first kappa shape index (κ1) is 12.4. The van der Waals surface area contributed by atoms with Gasteiger partial charge in [-0.15, -0.1) is 0 Å². The third-order valence-corrected chi connectivity index (χ3v) is 5.99. The molecule has 84 valence electrons. The second-order valence-electron chi connectivity index (χ2n) is 4.06. The van der Waals surface area contributed by atoms with Crippen molar-refractivity contribution in [3.05, 3.63) is 35.9 Å². The van der Waals surface area contributed by atoms with Crippen LogP contribution in [-0.4, -0.2) is 22.8 Å². The van der Waals surface area contributed by atoms with E-state index in [2.05, 4.69) is 37.7 Å². The van der Waals surface area contributed by atoms with Crippen molar-refractivity contribution in [2.75, 3.05) is 14.2 Å². The Morgan fingerprint density at radius 1 is 1.13 bits per heavy atom. The Hall–Kier alpha value is -0.643. The Balaban J connectivity index is 2.67. The highest BCUT2D eigenvalue weighted by Crippen LogP contribution is 2.26. The lowest BCUT2D eigenvalue weighted by Gasteiger charge is -2.26. The monoisotopic (exact) mass is 224 g/mol. The van der Waals surface area contributed by atoms with E-state index in [0.29, 0.717) is 5.92 Å². The van der Waals surface area contributed by atoms with Crippen LogP contribution in [0.15, 0.2) is 30.3 Å². The largest absolute Gasteiger partial charge is 0.398 e. The lowest BCUT2D eigenvalue weighted by Crippen LogP contribution is -2.37. The summed E-state index contributed by atoms with van der Waals surface area (Å²) < 4.78 is 11.0. The number of benzene rings is 1. The zero-order valence-electron chi connectivity index (χ0n) is 9.99. The predicted molar refractivity (Wildman–Crippen MR) is 65.3 cm³/mol. The van der Waals surface area contributed by atoms with Gasteiger partial charge in [0.2, 0.25) is 0 Å². The van der Waals surface area contributed by atoms with Crippen LogP contribution in [-0.2, 0) is 8.85 Å². The van der Waals surface area contributed by atoms with E-state index >= 15 is 0 Å². The van der Waals surface area contributed by atoms with Gasteiger partial charge >= 0.3 is 8.56 Å². The van der Waals surface area contributed by atoms with Crippen molar-refractivity contribution < 1.29 is 8.85 Å². The minimum absolute atomic E-state index is 0.489. The van der Waals surface area contributed by atoms with E-state index in [1.54, 1.807) is 14.2 Å². The molecule has 15 heavy (non-hydrogen) atoms. The van der Waals surface area contributed by atoms with Gasteiger partial charge in [-0.05, 0) is 24.1 Å². The Labute approximate surface area is 93.5 Å². The number of hydrogen-bond donors (Lipinski definition) is 0. The summed E-state index contributed by atoms with van der Waals surface area (Å²) in [5.74, 6) is 0.489. The van der Waals surface area contributed by atoms with E-state index in [9.17, 15) is 0 Å². The Morgan fingerprint density at radius 3 is 2.13 bits per heavy atom. The summed E-state index contributed by atoms with van der Waals surface area (Å²) in [7, 11) is 1.54. The molecule has 0 amide bonds. The van der Waals surface area contributed by atoms with Crippen LogP contribution in [0.5, 0.6) is 0 Å². The molecule has 1 unspecified atom stereocenters. The predicted octanol–water partition coefficient (Wildman–Crippen LogP) is 3.15. The molecule has 0 N–H and O–H groups in total. The Morgan fingerprint density at radius 2 is 1.67 bits per heavy atom. The molecule has 1 atom stereocenters. The van der Waals surface area contributed by atoms with Gasteiger partial charge in [-0.25, -0.2) is 0 Å². The summed E-state index contributed by atoms with van der Waals surface area (Å²) in [4.78, 5) is 0. The van der Waals surface area contributed by atoms with Gasteiger partial charge in [-0.1, -0.05) is 37.3 Å². The normalized spacial score (nSPS) is 13.9.